The summed E-state index contributed by atoms with van der Waals surface area (Å²) in [6, 6.07) is 16.0. The Kier molecular flexibility index (Phi) is 10.7. The number of hydrogen-bond donors (Lipinski definition) is 1. The highest BCUT2D eigenvalue weighted by Gasteiger charge is 2.32. The van der Waals surface area contributed by atoms with Crippen LogP contribution in [0.3, 0.4) is 0 Å². The Morgan fingerprint density at radius 2 is 1.63 bits per heavy atom. The fourth-order valence-electron chi connectivity index (χ4n) is 5.37. The van der Waals surface area contributed by atoms with Gasteiger partial charge in [0.2, 0.25) is 5.91 Å². The van der Waals surface area contributed by atoms with Crippen molar-refractivity contribution in [1.82, 2.24) is 20.4 Å². The van der Waals surface area contributed by atoms with Gasteiger partial charge in [0.1, 0.15) is 15.8 Å². The number of carbonyl (C=O) groups is 2. The van der Waals surface area contributed by atoms with E-state index in [-0.39, 0.29) is 29.0 Å². The highest BCUT2D eigenvalue weighted by atomic mass is 35.5. The summed E-state index contributed by atoms with van der Waals surface area (Å²) in [6.45, 7) is 7.33. The number of nitrogens with zero attached hydrogens (tertiary/aromatic N) is 4. The second kappa shape index (κ2) is 14.2. The molecular formula is C31H38ClN5O3S. The molecule has 10 heteroatoms. The Balaban J connectivity index is 0.00000387. The number of piperidine rings is 1. The number of Topliss-reactive ketones (excluding diaryl/α,β-unsaturated/α-hetero) is 1. The van der Waals surface area contributed by atoms with Crippen molar-refractivity contribution in [2.45, 2.75) is 45.1 Å². The van der Waals surface area contributed by atoms with Gasteiger partial charge >= 0.3 is 0 Å². The highest BCUT2D eigenvalue weighted by molar-refractivity contribution is 7.11. The molecule has 0 radical (unpaired) electrons. The molecule has 2 aliphatic heterocycles. The minimum absolute atomic E-state index is 0. The van der Waals surface area contributed by atoms with Crippen LogP contribution in [-0.2, 0) is 35.4 Å². The summed E-state index contributed by atoms with van der Waals surface area (Å²) >= 11 is 7.49. The number of aryl methyl sites for hydroxylation is 2. The molecule has 0 aliphatic carbocycles. The molecule has 2 fully saturated rings. The third-order valence-electron chi connectivity index (χ3n) is 7.90. The van der Waals surface area contributed by atoms with E-state index in [1.165, 1.54) is 16.9 Å². The predicted molar refractivity (Wildman–Crippen MR) is 164 cm³/mol. The average molecular weight is 596 g/mol. The number of amides is 1. The van der Waals surface area contributed by atoms with Crippen molar-refractivity contribution in [2.24, 2.45) is 11.8 Å². The fraction of sp³-hybridized carbons (Fsp3) is 0.419. The molecule has 2 aromatic carbocycles. The van der Waals surface area contributed by atoms with Crippen LogP contribution >= 0.6 is 22.9 Å². The van der Waals surface area contributed by atoms with Crippen LogP contribution in [0.15, 0.2) is 60.8 Å². The second-order valence-corrected chi connectivity index (χ2v) is 12.5. The molecule has 218 valence electrons. The Labute approximate surface area is 250 Å². The molecule has 1 unspecified atom stereocenters. The van der Waals surface area contributed by atoms with E-state index in [1.807, 2.05) is 48.5 Å². The zero-order valence-electron chi connectivity index (χ0n) is 23.4. The molecule has 3 aromatic rings. The summed E-state index contributed by atoms with van der Waals surface area (Å²) in [4.78, 5) is 30.1. The maximum atomic E-state index is 13.1. The van der Waals surface area contributed by atoms with Crippen LogP contribution in [0.25, 0.3) is 0 Å². The minimum atomic E-state index is -0.109. The van der Waals surface area contributed by atoms with Gasteiger partial charge in [-0.25, -0.2) is 0 Å². The molecule has 0 saturated carbocycles. The van der Waals surface area contributed by atoms with E-state index in [4.69, 9.17) is 11.6 Å². The van der Waals surface area contributed by atoms with E-state index >= 15 is 0 Å². The SMILES string of the molecule is C=C1CC(C(=O)Cc2nnc(CCc3ccc(Cl)cc3)s2)CN1c1ccc(CNC(=O)C2CCN(C)CC2)cc1.O. The van der Waals surface area contributed by atoms with Crippen LogP contribution < -0.4 is 10.2 Å². The predicted octanol–water partition coefficient (Wildman–Crippen LogP) is 4.26. The molecule has 1 aromatic heterocycles. The molecule has 3 heterocycles. The van der Waals surface area contributed by atoms with Gasteiger partial charge in [0, 0.05) is 47.8 Å². The third-order valence-corrected chi connectivity index (χ3v) is 9.14. The highest BCUT2D eigenvalue weighted by Crippen LogP contribution is 2.32. The van der Waals surface area contributed by atoms with Crippen LogP contribution in [0.4, 0.5) is 5.69 Å². The standard InChI is InChI=1S/C31H36ClN5O2S.H2O/c1-21-17-25(28(38)18-30-35-34-29(40-30)12-7-22-3-8-26(32)9-4-22)20-37(21)27-10-5-23(6-11-27)19-33-31(39)24-13-15-36(2)16-14-24;/h3-6,8-11,24-25H,1,7,12-20H2,2H3,(H,33,39);1H2. The average Bonchev–Trinajstić information content (AvgIpc) is 3.58. The number of hydrogen-bond acceptors (Lipinski definition) is 7. The Morgan fingerprint density at radius 1 is 0.976 bits per heavy atom. The zero-order valence-corrected chi connectivity index (χ0v) is 25.0. The quantitative estimate of drug-likeness (QED) is 0.375. The summed E-state index contributed by atoms with van der Waals surface area (Å²) in [6.07, 6.45) is 4.45. The lowest BCUT2D eigenvalue weighted by atomic mass is 9.96. The number of carbonyl (C=O) groups excluding carboxylic acids is 2. The zero-order chi connectivity index (χ0) is 28.1. The van der Waals surface area contributed by atoms with Crippen molar-refractivity contribution in [2.75, 3.05) is 31.6 Å². The normalized spacial score (nSPS) is 17.9. The van der Waals surface area contributed by atoms with Crippen molar-refractivity contribution < 1.29 is 15.1 Å². The Bertz CT molecular complexity index is 1340. The van der Waals surface area contributed by atoms with Gasteiger partial charge < -0.3 is 20.6 Å². The van der Waals surface area contributed by atoms with E-state index in [0.29, 0.717) is 25.9 Å². The van der Waals surface area contributed by atoms with E-state index in [9.17, 15) is 9.59 Å². The smallest absolute Gasteiger partial charge is 0.223 e. The second-order valence-electron chi connectivity index (χ2n) is 10.9. The number of rotatable bonds is 10. The van der Waals surface area contributed by atoms with E-state index < -0.39 is 0 Å². The monoisotopic (exact) mass is 595 g/mol. The number of halogens is 1. The number of likely N-dealkylation sites (tertiary alicyclic amines) is 1. The Morgan fingerprint density at radius 3 is 2.34 bits per heavy atom. The number of allylic oxidation sites excluding steroid dienone is 1. The molecule has 8 nitrogen and oxygen atoms in total. The number of nitrogens with one attached hydrogen (secondary N) is 1. The van der Waals surface area contributed by atoms with Gasteiger partial charge in [-0.05, 0) is 81.2 Å². The maximum absolute atomic E-state index is 13.1. The minimum Gasteiger partial charge on any atom is -0.412 e. The molecule has 3 N–H and O–H groups in total. The van der Waals surface area contributed by atoms with Gasteiger partial charge in [0.15, 0.2) is 0 Å². The van der Waals surface area contributed by atoms with E-state index in [2.05, 4.69) is 38.9 Å². The summed E-state index contributed by atoms with van der Waals surface area (Å²) in [7, 11) is 2.10. The summed E-state index contributed by atoms with van der Waals surface area (Å²) in [5, 5.41) is 14.1. The molecular weight excluding hydrogens is 558 g/mol. The van der Waals surface area contributed by atoms with Crippen LogP contribution in [0.1, 0.15) is 40.4 Å². The van der Waals surface area contributed by atoms with Crippen LogP contribution in [-0.4, -0.2) is 58.9 Å². The van der Waals surface area contributed by atoms with Crippen LogP contribution in [0, 0.1) is 11.8 Å². The van der Waals surface area contributed by atoms with E-state index in [1.54, 1.807) is 0 Å². The number of aromatic nitrogens is 2. The first kappa shape index (κ1) is 30.8. The van der Waals surface area contributed by atoms with Crippen molar-refractivity contribution in [3.8, 4) is 0 Å². The molecule has 41 heavy (non-hydrogen) atoms. The van der Waals surface area contributed by atoms with Gasteiger partial charge in [-0.2, -0.15) is 0 Å². The first-order valence-corrected chi connectivity index (χ1v) is 15.1. The largest absolute Gasteiger partial charge is 0.412 e. The van der Waals surface area contributed by atoms with Crippen LogP contribution in [0.5, 0.6) is 0 Å². The first-order chi connectivity index (χ1) is 19.3. The summed E-state index contributed by atoms with van der Waals surface area (Å²) in [5.74, 6) is 0.328. The van der Waals surface area contributed by atoms with Gasteiger partial charge in [-0.3, -0.25) is 9.59 Å². The van der Waals surface area contributed by atoms with Crippen molar-refractivity contribution >= 4 is 40.3 Å². The molecule has 1 atom stereocenters. The van der Waals surface area contributed by atoms with Crippen molar-refractivity contribution in [1.29, 1.82) is 0 Å². The maximum Gasteiger partial charge on any atom is 0.223 e. The lowest BCUT2D eigenvalue weighted by Crippen LogP contribution is -2.38. The van der Waals surface area contributed by atoms with Gasteiger partial charge in [0.05, 0.1) is 6.42 Å². The van der Waals surface area contributed by atoms with Crippen molar-refractivity contribution in [3.05, 3.63) is 87.0 Å². The van der Waals surface area contributed by atoms with Gasteiger partial charge in [-0.1, -0.05) is 42.4 Å². The molecule has 2 saturated heterocycles. The Hall–Kier alpha value is -3.11. The van der Waals surface area contributed by atoms with Crippen LogP contribution in [0.2, 0.25) is 5.02 Å². The molecule has 1 amide bonds. The topological polar surface area (TPSA) is 110 Å². The lowest BCUT2D eigenvalue weighted by molar-refractivity contribution is -0.126. The molecule has 5 rings (SSSR count). The molecule has 0 spiro atoms. The summed E-state index contributed by atoms with van der Waals surface area (Å²) in [5.41, 5.74) is 4.23. The molecule has 2 aliphatic rings. The third kappa shape index (κ3) is 8.23. The first-order valence-electron chi connectivity index (χ1n) is 13.9. The summed E-state index contributed by atoms with van der Waals surface area (Å²) < 4.78 is 0. The van der Waals surface area contributed by atoms with Gasteiger partial charge in [-0.15, -0.1) is 21.5 Å². The fourth-order valence-corrected chi connectivity index (χ4v) is 6.35. The van der Waals surface area contributed by atoms with E-state index in [0.717, 1.165) is 70.8 Å². The van der Waals surface area contributed by atoms with Gasteiger partial charge in [0.25, 0.3) is 0 Å². The molecule has 0 bridgehead atoms. The lowest BCUT2D eigenvalue weighted by Gasteiger charge is -2.28. The number of anilines is 1. The van der Waals surface area contributed by atoms with Crippen molar-refractivity contribution in [3.63, 3.8) is 0 Å². The number of benzene rings is 2. The number of ketones is 1.